The minimum atomic E-state index is -1.52. The van der Waals surface area contributed by atoms with Crippen molar-refractivity contribution in [2.45, 2.75) is 18.8 Å². The second-order valence-electron chi connectivity index (χ2n) is 4.74. The van der Waals surface area contributed by atoms with Gasteiger partial charge in [0.2, 0.25) is 0 Å². The quantitative estimate of drug-likeness (QED) is 0.469. The molecule has 0 amide bonds. The number of hydrogen-bond donors (Lipinski definition) is 0. The van der Waals surface area contributed by atoms with Crippen molar-refractivity contribution in [1.29, 1.82) is 0 Å². The van der Waals surface area contributed by atoms with Crippen LogP contribution in [0, 0.1) is 4.91 Å². The van der Waals surface area contributed by atoms with Gasteiger partial charge in [-0.25, -0.2) is 9.59 Å². The summed E-state index contributed by atoms with van der Waals surface area (Å²) in [5.41, 5.74) is 0.210. The molecule has 0 atom stereocenters. The predicted molar refractivity (Wildman–Crippen MR) is 75.1 cm³/mol. The third kappa shape index (κ3) is 4.24. The van der Waals surface area contributed by atoms with Crippen molar-refractivity contribution in [2.75, 3.05) is 20.3 Å². The normalized spacial score (nSPS) is 23.7. The van der Waals surface area contributed by atoms with Gasteiger partial charge in [0.25, 0.3) is 5.79 Å². The molecule has 0 aromatic heterocycles. The van der Waals surface area contributed by atoms with Crippen LogP contribution in [0.3, 0.4) is 0 Å². The first-order valence-electron chi connectivity index (χ1n) is 6.65. The van der Waals surface area contributed by atoms with Crippen LogP contribution in [0.15, 0.2) is 29.4 Å². The van der Waals surface area contributed by atoms with Gasteiger partial charge in [-0.1, -0.05) is 0 Å². The molecule has 9 heteroatoms. The van der Waals surface area contributed by atoms with Gasteiger partial charge < -0.3 is 23.7 Å². The minimum absolute atomic E-state index is 0.0469. The lowest BCUT2D eigenvalue weighted by atomic mass is 10.2. The summed E-state index contributed by atoms with van der Waals surface area (Å²) in [6.07, 6.45) is -1.69. The standard InChI is InChI=1S/C14H15NO8/c1-14(12(16)19-2)20-7-11(8-21-14)23-13(17)22-10-5-3-9(15-18)4-6-10/h3-6,11H,7-8H2,1-2H3. The zero-order valence-electron chi connectivity index (χ0n) is 12.5. The van der Waals surface area contributed by atoms with Gasteiger partial charge in [0, 0.05) is 6.92 Å². The van der Waals surface area contributed by atoms with E-state index in [1.54, 1.807) is 0 Å². The van der Waals surface area contributed by atoms with Crippen LogP contribution >= 0.6 is 0 Å². The monoisotopic (exact) mass is 325 g/mol. The lowest BCUT2D eigenvalue weighted by molar-refractivity contribution is -0.280. The molecule has 1 saturated heterocycles. The highest BCUT2D eigenvalue weighted by Gasteiger charge is 2.42. The van der Waals surface area contributed by atoms with Gasteiger partial charge in [-0.15, -0.1) is 4.91 Å². The molecule has 124 valence electrons. The Morgan fingerprint density at radius 3 is 2.35 bits per heavy atom. The number of nitrogens with zero attached hydrogens (tertiary/aromatic N) is 1. The molecular formula is C14H15NO8. The first-order valence-corrected chi connectivity index (χ1v) is 6.65. The Hall–Kier alpha value is -2.52. The molecular weight excluding hydrogens is 310 g/mol. The molecule has 1 heterocycles. The highest BCUT2D eigenvalue weighted by molar-refractivity contribution is 5.77. The number of nitroso groups, excluding NO2 is 1. The molecule has 9 nitrogen and oxygen atoms in total. The van der Waals surface area contributed by atoms with Gasteiger partial charge in [-0.3, -0.25) is 0 Å². The highest BCUT2D eigenvalue weighted by Crippen LogP contribution is 2.22. The summed E-state index contributed by atoms with van der Waals surface area (Å²) in [4.78, 5) is 33.4. The van der Waals surface area contributed by atoms with Crippen molar-refractivity contribution < 1.29 is 33.3 Å². The van der Waals surface area contributed by atoms with Crippen molar-refractivity contribution >= 4 is 17.8 Å². The first kappa shape index (κ1) is 16.8. The molecule has 0 saturated carbocycles. The molecule has 0 radical (unpaired) electrons. The maximum absolute atomic E-state index is 11.7. The number of carbonyl (C=O) groups is 2. The molecule has 23 heavy (non-hydrogen) atoms. The number of ether oxygens (including phenoxy) is 5. The Labute approximate surface area is 131 Å². The SMILES string of the molecule is COC(=O)C1(C)OCC(OC(=O)Oc2ccc(N=O)cc2)CO1. The maximum atomic E-state index is 11.7. The van der Waals surface area contributed by atoms with Crippen LogP contribution in [0.5, 0.6) is 5.75 Å². The Kier molecular flexibility index (Phi) is 5.24. The number of rotatable bonds is 4. The molecule has 1 fully saturated rings. The van der Waals surface area contributed by atoms with Crippen LogP contribution in [0.2, 0.25) is 0 Å². The van der Waals surface area contributed by atoms with Crippen LogP contribution in [0.25, 0.3) is 0 Å². The average molecular weight is 325 g/mol. The number of esters is 1. The van der Waals surface area contributed by atoms with Crippen molar-refractivity contribution in [3.05, 3.63) is 29.2 Å². The summed E-state index contributed by atoms with van der Waals surface area (Å²) in [6, 6.07) is 5.59. The molecule has 2 rings (SSSR count). The smallest absolute Gasteiger partial charge is 0.465 e. The minimum Gasteiger partial charge on any atom is -0.465 e. The topological polar surface area (TPSA) is 110 Å². The van der Waals surface area contributed by atoms with Crippen LogP contribution in [-0.4, -0.2) is 44.3 Å². The second-order valence-corrected chi connectivity index (χ2v) is 4.74. The molecule has 1 aliphatic heterocycles. The van der Waals surface area contributed by atoms with E-state index in [1.165, 1.54) is 38.3 Å². The number of benzene rings is 1. The molecule has 0 N–H and O–H groups in total. The Balaban J connectivity index is 1.82. The van der Waals surface area contributed by atoms with E-state index in [2.05, 4.69) is 9.91 Å². The van der Waals surface area contributed by atoms with Gasteiger partial charge >= 0.3 is 12.1 Å². The molecule has 0 aliphatic carbocycles. The summed E-state index contributed by atoms with van der Waals surface area (Å²) < 4.78 is 25.0. The second kappa shape index (κ2) is 7.16. The summed E-state index contributed by atoms with van der Waals surface area (Å²) in [5, 5.41) is 2.73. The molecule has 1 aliphatic rings. The first-order chi connectivity index (χ1) is 11.0. The third-order valence-corrected chi connectivity index (χ3v) is 3.05. The van der Waals surface area contributed by atoms with E-state index >= 15 is 0 Å². The van der Waals surface area contributed by atoms with E-state index in [-0.39, 0.29) is 24.7 Å². The number of hydrogen-bond acceptors (Lipinski definition) is 9. The van der Waals surface area contributed by atoms with Gasteiger partial charge in [0.15, 0.2) is 6.10 Å². The van der Waals surface area contributed by atoms with E-state index in [0.717, 1.165) is 0 Å². The van der Waals surface area contributed by atoms with Gasteiger partial charge in [0.1, 0.15) is 11.4 Å². The van der Waals surface area contributed by atoms with E-state index in [4.69, 9.17) is 18.9 Å². The van der Waals surface area contributed by atoms with Crippen molar-refractivity contribution in [3.8, 4) is 5.75 Å². The third-order valence-electron chi connectivity index (χ3n) is 3.05. The van der Waals surface area contributed by atoms with E-state index in [0.29, 0.717) is 0 Å². The largest absolute Gasteiger partial charge is 0.514 e. The number of carbonyl (C=O) groups excluding carboxylic acids is 2. The zero-order valence-corrected chi connectivity index (χ0v) is 12.5. The molecule has 1 aromatic rings. The van der Waals surface area contributed by atoms with Crippen LogP contribution in [0.1, 0.15) is 6.92 Å². The Morgan fingerprint density at radius 2 is 1.83 bits per heavy atom. The van der Waals surface area contributed by atoms with Gasteiger partial charge in [-0.2, -0.15) is 0 Å². The van der Waals surface area contributed by atoms with Crippen LogP contribution in [0.4, 0.5) is 10.5 Å². The lowest BCUT2D eigenvalue weighted by Gasteiger charge is -2.34. The molecule has 0 spiro atoms. The summed E-state index contributed by atoms with van der Waals surface area (Å²) >= 11 is 0. The number of methoxy groups -OCH3 is 1. The average Bonchev–Trinajstić information content (AvgIpc) is 2.57. The zero-order chi connectivity index (χ0) is 16.9. The summed E-state index contributed by atoms with van der Waals surface area (Å²) in [6.45, 7) is 1.32. The van der Waals surface area contributed by atoms with Crippen LogP contribution < -0.4 is 4.74 Å². The van der Waals surface area contributed by atoms with E-state index in [1.807, 2.05) is 0 Å². The van der Waals surface area contributed by atoms with Gasteiger partial charge in [-0.05, 0) is 29.4 Å². The van der Waals surface area contributed by atoms with Crippen molar-refractivity contribution in [2.24, 2.45) is 5.18 Å². The van der Waals surface area contributed by atoms with Crippen molar-refractivity contribution in [3.63, 3.8) is 0 Å². The molecule has 1 aromatic carbocycles. The Morgan fingerprint density at radius 1 is 1.22 bits per heavy atom. The molecule has 0 bridgehead atoms. The fraction of sp³-hybridized carbons (Fsp3) is 0.429. The fourth-order valence-corrected chi connectivity index (χ4v) is 1.80. The fourth-order valence-electron chi connectivity index (χ4n) is 1.80. The maximum Gasteiger partial charge on any atom is 0.514 e. The lowest BCUT2D eigenvalue weighted by Crippen LogP contribution is -2.51. The van der Waals surface area contributed by atoms with Gasteiger partial charge in [0.05, 0.1) is 20.3 Å². The predicted octanol–water partition coefficient (Wildman–Crippen LogP) is 1.90. The van der Waals surface area contributed by atoms with Crippen LogP contribution in [-0.2, 0) is 23.7 Å². The highest BCUT2D eigenvalue weighted by atomic mass is 16.8. The van der Waals surface area contributed by atoms with E-state index in [9.17, 15) is 14.5 Å². The van der Waals surface area contributed by atoms with E-state index < -0.39 is 24.0 Å². The van der Waals surface area contributed by atoms with Crippen molar-refractivity contribution in [1.82, 2.24) is 0 Å². The Bertz CT molecular complexity index is 577. The summed E-state index contributed by atoms with van der Waals surface area (Å²) in [7, 11) is 1.21. The molecule has 0 unspecified atom stereocenters. The summed E-state index contributed by atoms with van der Waals surface area (Å²) in [5.74, 6) is -2.00.